The van der Waals surface area contributed by atoms with Crippen molar-refractivity contribution >= 4 is 0 Å². The highest BCUT2D eigenvalue weighted by atomic mass is 19.2. The number of nitrogens with zero attached hydrogens (tertiary/aromatic N) is 2. The van der Waals surface area contributed by atoms with E-state index in [0.717, 1.165) is 12.1 Å². The Kier molecular flexibility index (Phi) is 4.30. The van der Waals surface area contributed by atoms with Crippen LogP contribution in [-0.2, 0) is 12.1 Å². The van der Waals surface area contributed by atoms with Gasteiger partial charge in [0.1, 0.15) is 18.2 Å². The zero-order chi connectivity index (χ0) is 16.5. The van der Waals surface area contributed by atoms with Crippen molar-refractivity contribution in [3.05, 3.63) is 57.8 Å². The number of hydrogen-bond donors (Lipinski definition) is 0. The zero-order valence-corrected chi connectivity index (χ0v) is 13.0. The lowest BCUT2D eigenvalue weighted by molar-refractivity contribution is 0.261. The third-order valence-corrected chi connectivity index (χ3v) is 3.05. The molecule has 0 N–H and O–H groups in total. The summed E-state index contributed by atoms with van der Waals surface area (Å²) in [5, 5.41) is 0. The number of ether oxygens (including phenoxy) is 1. The molecule has 0 saturated carbocycles. The van der Waals surface area contributed by atoms with E-state index in [1.165, 1.54) is 16.7 Å². The van der Waals surface area contributed by atoms with Crippen molar-refractivity contribution in [2.45, 2.75) is 39.8 Å². The molecule has 1 aromatic heterocycles. The average molecular weight is 308 g/mol. The van der Waals surface area contributed by atoms with E-state index in [9.17, 15) is 13.6 Å². The van der Waals surface area contributed by atoms with Crippen molar-refractivity contribution in [3.8, 4) is 5.75 Å². The summed E-state index contributed by atoms with van der Waals surface area (Å²) in [5.74, 6) is -1.31. The molecule has 2 aromatic rings. The minimum atomic E-state index is -0.983. The fraction of sp³-hybridized carbons (Fsp3) is 0.375. The first-order valence-corrected chi connectivity index (χ1v) is 6.86. The summed E-state index contributed by atoms with van der Waals surface area (Å²) < 4.78 is 33.0. The molecule has 0 saturated heterocycles. The normalized spacial score (nSPS) is 11.5. The van der Waals surface area contributed by atoms with Crippen LogP contribution < -0.4 is 10.3 Å². The Morgan fingerprint density at radius 1 is 1.18 bits per heavy atom. The monoisotopic (exact) mass is 308 g/mol. The Bertz CT molecular complexity index is 749. The maximum absolute atomic E-state index is 13.2. The van der Waals surface area contributed by atoms with Gasteiger partial charge in [-0.15, -0.1) is 0 Å². The van der Waals surface area contributed by atoms with Crippen molar-refractivity contribution in [2.75, 3.05) is 0 Å². The summed E-state index contributed by atoms with van der Waals surface area (Å²) in [5.41, 5.74) is -0.0666. The number of hydrogen-bond acceptors (Lipinski definition) is 3. The molecule has 0 spiro atoms. The SMILES string of the molecule is Cc1cc(=O)n(C(C)(C)C)c(COc2ccc(F)c(F)c2)n1. The lowest BCUT2D eigenvalue weighted by atomic mass is 10.1. The predicted molar refractivity (Wildman–Crippen MR) is 78.9 cm³/mol. The molecule has 0 atom stereocenters. The second kappa shape index (κ2) is 5.87. The van der Waals surface area contributed by atoms with Crippen molar-refractivity contribution in [2.24, 2.45) is 0 Å². The summed E-state index contributed by atoms with van der Waals surface area (Å²) in [6.07, 6.45) is 0. The molecule has 0 aliphatic rings. The van der Waals surface area contributed by atoms with Crippen molar-refractivity contribution < 1.29 is 13.5 Å². The van der Waals surface area contributed by atoms with Gasteiger partial charge in [0.2, 0.25) is 0 Å². The molecular formula is C16H18F2N2O2. The van der Waals surface area contributed by atoms with Crippen molar-refractivity contribution in [1.82, 2.24) is 9.55 Å². The molecule has 1 aromatic carbocycles. The molecule has 22 heavy (non-hydrogen) atoms. The molecule has 0 fully saturated rings. The van der Waals surface area contributed by atoms with E-state index in [2.05, 4.69) is 4.98 Å². The lowest BCUT2D eigenvalue weighted by Crippen LogP contribution is -2.37. The summed E-state index contributed by atoms with van der Waals surface area (Å²) in [6.45, 7) is 7.35. The first-order valence-electron chi connectivity index (χ1n) is 6.86. The Hall–Kier alpha value is -2.24. The Morgan fingerprint density at radius 3 is 2.45 bits per heavy atom. The third kappa shape index (κ3) is 3.50. The predicted octanol–water partition coefficient (Wildman–Crippen LogP) is 3.16. The van der Waals surface area contributed by atoms with Gasteiger partial charge in [-0.3, -0.25) is 9.36 Å². The fourth-order valence-electron chi connectivity index (χ4n) is 2.19. The smallest absolute Gasteiger partial charge is 0.254 e. The van der Waals surface area contributed by atoms with Gasteiger partial charge in [-0.2, -0.15) is 0 Å². The van der Waals surface area contributed by atoms with E-state index in [1.54, 1.807) is 6.92 Å². The third-order valence-electron chi connectivity index (χ3n) is 3.05. The molecule has 4 nitrogen and oxygen atoms in total. The fourth-order valence-corrected chi connectivity index (χ4v) is 2.19. The molecule has 1 heterocycles. The average Bonchev–Trinajstić information content (AvgIpc) is 2.37. The Balaban J connectivity index is 2.33. The second-order valence-electron chi connectivity index (χ2n) is 6.02. The maximum atomic E-state index is 13.2. The van der Waals surface area contributed by atoms with Crippen LogP contribution in [-0.4, -0.2) is 9.55 Å². The second-order valence-corrected chi connectivity index (χ2v) is 6.02. The van der Waals surface area contributed by atoms with Gasteiger partial charge in [0, 0.05) is 23.4 Å². The van der Waals surface area contributed by atoms with Crippen LogP contribution in [0.25, 0.3) is 0 Å². The highest BCUT2D eigenvalue weighted by molar-refractivity contribution is 5.23. The Labute approximate surface area is 127 Å². The van der Waals surface area contributed by atoms with Gasteiger partial charge in [0.25, 0.3) is 5.56 Å². The first kappa shape index (κ1) is 16.1. The van der Waals surface area contributed by atoms with Crippen LogP contribution in [0.15, 0.2) is 29.1 Å². The van der Waals surface area contributed by atoms with Crippen LogP contribution in [0.5, 0.6) is 5.75 Å². The number of rotatable bonds is 3. The van der Waals surface area contributed by atoms with Crippen LogP contribution in [0.4, 0.5) is 8.78 Å². The van der Waals surface area contributed by atoms with E-state index >= 15 is 0 Å². The highest BCUT2D eigenvalue weighted by Gasteiger charge is 2.20. The summed E-state index contributed by atoms with van der Waals surface area (Å²) in [7, 11) is 0. The van der Waals surface area contributed by atoms with E-state index in [4.69, 9.17) is 4.74 Å². The molecule has 6 heteroatoms. The van der Waals surface area contributed by atoms with E-state index in [1.807, 2.05) is 20.8 Å². The number of halogens is 2. The quantitative estimate of drug-likeness (QED) is 0.875. The highest BCUT2D eigenvalue weighted by Crippen LogP contribution is 2.18. The zero-order valence-electron chi connectivity index (χ0n) is 13.0. The molecule has 0 bridgehead atoms. The lowest BCUT2D eigenvalue weighted by Gasteiger charge is -2.25. The van der Waals surface area contributed by atoms with Crippen molar-refractivity contribution in [1.29, 1.82) is 0 Å². The molecule has 0 aliphatic heterocycles. The molecular weight excluding hydrogens is 290 g/mol. The molecule has 0 aliphatic carbocycles. The van der Waals surface area contributed by atoms with Crippen LogP contribution in [0.2, 0.25) is 0 Å². The van der Waals surface area contributed by atoms with Crippen LogP contribution in [0, 0.1) is 18.6 Å². The summed E-state index contributed by atoms with van der Waals surface area (Å²) >= 11 is 0. The van der Waals surface area contributed by atoms with E-state index < -0.39 is 17.2 Å². The summed E-state index contributed by atoms with van der Waals surface area (Å²) in [6, 6.07) is 4.73. The summed E-state index contributed by atoms with van der Waals surface area (Å²) in [4.78, 5) is 16.5. The van der Waals surface area contributed by atoms with Crippen LogP contribution >= 0.6 is 0 Å². The molecule has 0 unspecified atom stereocenters. The van der Waals surface area contributed by atoms with Crippen LogP contribution in [0.1, 0.15) is 32.3 Å². The van der Waals surface area contributed by atoms with Crippen molar-refractivity contribution in [3.63, 3.8) is 0 Å². The van der Waals surface area contributed by atoms with E-state index in [-0.39, 0.29) is 17.9 Å². The topological polar surface area (TPSA) is 44.1 Å². The van der Waals surface area contributed by atoms with Gasteiger partial charge in [-0.25, -0.2) is 13.8 Å². The number of benzene rings is 1. The maximum Gasteiger partial charge on any atom is 0.254 e. The van der Waals surface area contributed by atoms with Gasteiger partial charge in [-0.05, 0) is 39.8 Å². The molecule has 2 rings (SSSR count). The minimum Gasteiger partial charge on any atom is -0.486 e. The van der Waals surface area contributed by atoms with Crippen LogP contribution in [0.3, 0.4) is 0 Å². The van der Waals surface area contributed by atoms with Gasteiger partial charge < -0.3 is 4.74 Å². The van der Waals surface area contributed by atoms with Gasteiger partial charge in [0.15, 0.2) is 11.6 Å². The largest absolute Gasteiger partial charge is 0.486 e. The van der Waals surface area contributed by atoms with Gasteiger partial charge in [0.05, 0.1) is 0 Å². The number of aromatic nitrogens is 2. The minimum absolute atomic E-state index is 0.0146. The molecule has 118 valence electrons. The number of aryl methyl sites for hydroxylation is 1. The first-order chi connectivity index (χ1) is 10.2. The van der Waals surface area contributed by atoms with Gasteiger partial charge >= 0.3 is 0 Å². The van der Waals surface area contributed by atoms with E-state index in [0.29, 0.717) is 11.5 Å². The molecule has 0 amide bonds. The standard InChI is InChI=1S/C16H18F2N2O2/c1-10-7-15(21)20(16(2,3)4)14(19-10)9-22-11-5-6-12(17)13(18)8-11/h5-8H,9H2,1-4H3. The Morgan fingerprint density at radius 2 is 1.86 bits per heavy atom. The molecule has 0 radical (unpaired) electrons. The van der Waals surface area contributed by atoms with Gasteiger partial charge in [-0.1, -0.05) is 0 Å².